The molecule has 1 heterocycles. The zero-order valence-corrected chi connectivity index (χ0v) is 13.6. The molecule has 1 atom stereocenters. The van der Waals surface area contributed by atoms with E-state index in [0.29, 0.717) is 18.5 Å². The Balaban J connectivity index is 2.31. The van der Waals surface area contributed by atoms with Gasteiger partial charge in [0.2, 0.25) is 0 Å². The maximum Gasteiger partial charge on any atom is 0.130 e. The average Bonchev–Trinajstić information content (AvgIpc) is 2.75. The molecule has 3 nitrogen and oxygen atoms in total. The monoisotopic (exact) mass is 357 g/mol. The molecule has 2 aromatic rings. The molecule has 1 aromatic heterocycles. The lowest BCUT2D eigenvalue weighted by molar-refractivity contribution is 0.540. The lowest BCUT2D eigenvalue weighted by Gasteiger charge is -2.14. The third-order valence-electron chi connectivity index (χ3n) is 3.47. The van der Waals surface area contributed by atoms with Crippen LogP contribution in [0.1, 0.15) is 36.8 Å². The Morgan fingerprint density at radius 1 is 1.33 bits per heavy atom. The van der Waals surface area contributed by atoms with Crippen molar-refractivity contribution in [2.45, 2.75) is 39.3 Å². The molecule has 0 amide bonds. The third kappa shape index (κ3) is 3.32. The molecule has 0 saturated heterocycles. The highest BCUT2D eigenvalue weighted by atomic mass is 79.9. The second kappa shape index (κ2) is 6.66. The minimum absolute atomic E-state index is 0.310. The number of halogens is 3. The third-order valence-corrected chi connectivity index (χ3v) is 4.38. The van der Waals surface area contributed by atoms with Crippen molar-refractivity contribution in [2.24, 2.45) is 5.73 Å². The fourth-order valence-corrected chi connectivity index (χ4v) is 3.06. The number of hydrogen-bond acceptors (Lipinski definition) is 2. The lowest BCUT2D eigenvalue weighted by Crippen LogP contribution is -2.18. The number of hydrogen-bond donors (Lipinski definition) is 1. The van der Waals surface area contributed by atoms with E-state index in [4.69, 9.17) is 5.73 Å². The van der Waals surface area contributed by atoms with Crippen LogP contribution in [-0.2, 0) is 19.4 Å². The van der Waals surface area contributed by atoms with Crippen molar-refractivity contribution in [3.05, 3.63) is 51.3 Å². The Morgan fingerprint density at radius 2 is 2.05 bits per heavy atom. The molecule has 2 rings (SSSR count). The molecule has 0 spiro atoms. The van der Waals surface area contributed by atoms with Crippen molar-refractivity contribution < 1.29 is 8.78 Å². The van der Waals surface area contributed by atoms with Crippen molar-refractivity contribution in [3.63, 3.8) is 0 Å². The van der Waals surface area contributed by atoms with Gasteiger partial charge < -0.3 is 5.73 Å². The highest BCUT2D eigenvalue weighted by Crippen LogP contribution is 2.27. The molecule has 114 valence electrons. The van der Waals surface area contributed by atoms with E-state index >= 15 is 0 Å². The van der Waals surface area contributed by atoms with Gasteiger partial charge in [0, 0.05) is 30.6 Å². The van der Waals surface area contributed by atoms with Crippen LogP contribution in [0.2, 0.25) is 0 Å². The molecule has 0 bridgehead atoms. The van der Waals surface area contributed by atoms with Crippen molar-refractivity contribution >= 4 is 15.9 Å². The van der Waals surface area contributed by atoms with E-state index in [1.807, 2.05) is 18.5 Å². The van der Waals surface area contributed by atoms with Crippen molar-refractivity contribution in [1.82, 2.24) is 9.78 Å². The lowest BCUT2D eigenvalue weighted by atomic mass is 10.0. The summed E-state index contributed by atoms with van der Waals surface area (Å²) in [6, 6.07) is 2.94. The van der Waals surface area contributed by atoms with Crippen LogP contribution >= 0.6 is 15.9 Å². The zero-order valence-electron chi connectivity index (χ0n) is 12.0. The first kappa shape index (κ1) is 16.1. The van der Waals surface area contributed by atoms with Crippen LogP contribution in [0, 0.1) is 11.6 Å². The normalized spacial score (nSPS) is 12.7. The molecule has 0 aliphatic carbocycles. The summed E-state index contributed by atoms with van der Waals surface area (Å²) in [4.78, 5) is 0. The standard InChI is InChI=1S/C15H18BrF2N3/c1-3-13-15(16)14(21(4-2)20-13)8-12(19)10-6-5-9(17)7-11(10)18/h5-7,12H,3-4,8,19H2,1-2H3. The first-order valence-electron chi connectivity index (χ1n) is 6.92. The van der Waals surface area contributed by atoms with Gasteiger partial charge in [0.1, 0.15) is 11.6 Å². The van der Waals surface area contributed by atoms with Gasteiger partial charge >= 0.3 is 0 Å². The predicted molar refractivity (Wildman–Crippen MR) is 82.0 cm³/mol. The van der Waals surface area contributed by atoms with E-state index in [9.17, 15) is 8.78 Å². The van der Waals surface area contributed by atoms with Crippen LogP contribution in [0.15, 0.2) is 22.7 Å². The molecule has 1 unspecified atom stereocenters. The molecule has 6 heteroatoms. The predicted octanol–water partition coefficient (Wildman–Crippen LogP) is 3.75. The minimum atomic E-state index is -0.614. The van der Waals surface area contributed by atoms with E-state index in [1.165, 1.54) is 12.1 Å². The Labute approximate surface area is 131 Å². The van der Waals surface area contributed by atoms with E-state index in [1.54, 1.807) is 0 Å². The van der Waals surface area contributed by atoms with Crippen LogP contribution in [-0.4, -0.2) is 9.78 Å². The summed E-state index contributed by atoms with van der Waals surface area (Å²) in [5.74, 6) is -1.21. The van der Waals surface area contributed by atoms with Gasteiger partial charge in [-0.1, -0.05) is 13.0 Å². The summed E-state index contributed by atoms with van der Waals surface area (Å²) >= 11 is 3.54. The maximum absolute atomic E-state index is 13.8. The Morgan fingerprint density at radius 3 is 2.62 bits per heavy atom. The second-order valence-corrected chi connectivity index (χ2v) is 5.65. The quantitative estimate of drug-likeness (QED) is 0.885. The summed E-state index contributed by atoms with van der Waals surface area (Å²) in [5.41, 5.74) is 8.30. The van der Waals surface area contributed by atoms with Gasteiger partial charge in [0.25, 0.3) is 0 Å². The van der Waals surface area contributed by atoms with Crippen molar-refractivity contribution in [1.29, 1.82) is 0 Å². The van der Waals surface area contributed by atoms with E-state index < -0.39 is 17.7 Å². The first-order chi connectivity index (χ1) is 9.97. The Kier molecular flexibility index (Phi) is 5.11. The highest BCUT2D eigenvalue weighted by molar-refractivity contribution is 9.10. The van der Waals surface area contributed by atoms with Gasteiger partial charge in [0.15, 0.2) is 0 Å². The van der Waals surface area contributed by atoms with Gasteiger partial charge in [-0.05, 0) is 35.3 Å². The van der Waals surface area contributed by atoms with Crippen molar-refractivity contribution in [2.75, 3.05) is 0 Å². The van der Waals surface area contributed by atoms with E-state index in [-0.39, 0.29) is 0 Å². The van der Waals surface area contributed by atoms with E-state index in [2.05, 4.69) is 21.0 Å². The molecule has 0 aliphatic heterocycles. The topological polar surface area (TPSA) is 43.8 Å². The summed E-state index contributed by atoms with van der Waals surface area (Å²) in [6.45, 7) is 4.73. The summed E-state index contributed by atoms with van der Waals surface area (Å²) in [5, 5.41) is 4.49. The Bertz CT molecular complexity index is 640. The van der Waals surface area contributed by atoms with Crippen LogP contribution in [0.25, 0.3) is 0 Å². The van der Waals surface area contributed by atoms with Crippen LogP contribution in [0.4, 0.5) is 8.78 Å². The van der Waals surface area contributed by atoms with E-state index in [0.717, 1.165) is 28.3 Å². The molecule has 21 heavy (non-hydrogen) atoms. The molecule has 0 saturated carbocycles. The number of rotatable bonds is 5. The van der Waals surface area contributed by atoms with Gasteiger partial charge in [-0.3, -0.25) is 4.68 Å². The van der Waals surface area contributed by atoms with Gasteiger partial charge in [0.05, 0.1) is 15.9 Å². The molecular weight excluding hydrogens is 340 g/mol. The first-order valence-corrected chi connectivity index (χ1v) is 7.71. The number of benzene rings is 1. The minimum Gasteiger partial charge on any atom is -0.324 e. The Hall–Kier alpha value is -1.27. The molecule has 0 fully saturated rings. The largest absolute Gasteiger partial charge is 0.324 e. The SMILES string of the molecule is CCc1nn(CC)c(CC(N)c2ccc(F)cc2F)c1Br. The smallest absolute Gasteiger partial charge is 0.130 e. The van der Waals surface area contributed by atoms with Gasteiger partial charge in [-0.15, -0.1) is 0 Å². The van der Waals surface area contributed by atoms with Gasteiger partial charge in [-0.25, -0.2) is 8.78 Å². The zero-order chi connectivity index (χ0) is 15.6. The summed E-state index contributed by atoms with van der Waals surface area (Å²) in [6.07, 6.45) is 1.24. The molecule has 0 aliphatic rings. The summed E-state index contributed by atoms with van der Waals surface area (Å²) in [7, 11) is 0. The average molecular weight is 358 g/mol. The highest BCUT2D eigenvalue weighted by Gasteiger charge is 2.19. The van der Waals surface area contributed by atoms with Crippen LogP contribution in [0.3, 0.4) is 0 Å². The number of aromatic nitrogens is 2. The molecule has 2 N–H and O–H groups in total. The van der Waals surface area contributed by atoms with Crippen LogP contribution < -0.4 is 5.73 Å². The van der Waals surface area contributed by atoms with Crippen LogP contribution in [0.5, 0.6) is 0 Å². The maximum atomic E-state index is 13.8. The fourth-order valence-electron chi connectivity index (χ4n) is 2.33. The molecule has 1 aromatic carbocycles. The number of nitrogens with zero attached hydrogens (tertiary/aromatic N) is 2. The molecule has 0 radical (unpaired) electrons. The van der Waals surface area contributed by atoms with Gasteiger partial charge in [-0.2, -0.15) is 5.10 Å². The number of aryl methyl sites for hydroxylation is 2. The van der Waals surface area contributed by atoms with Crippen molar-refractivity contribution in [3.8, 4) is 0 Å². The second-order valence-electron chi connectivity index (χ2n) is 4.85. The molecular formula is C15H18BrF2N3. The number of nitrogens with two attached hydrogens (primary N) is 1. The summed E-state index contributed by atoms with van der Waals surface area (Å²) < 4.78 is 29.6. The fraction of sp³-hybridized carbons (Fsp3) is 0.400.